The van der Waals surface area contributed by atoms with Gasteiger partial charge in [0.1, 0.15) is 5.75 Å². The summed E-state index contributed by atoms with van der Waals surface area (Å²) in [6.07, 6.45) is 0.520. The lowest BCUT2D eigenvalue weighted by molar-refractivity contribution is -0.134. The van der Waals surface area contributed by atoms with Crippen LogP contribution in [0, 0.1) is 0 Å². The normalized spacial score (nSPS) is 10.9. The third kappa shape index (κ3) is 4.32. The van der Waals surface area contributed by atoms with Crippen LogP contribution in [-0.2, 0) is 15.9 Å². The number of ether oxygens (including phenoxy) is 2. The summed E-state index contributed by atoms with van der Waals surface area (Å²) < 4.78 is 10.9. The standard InChI is InChI=1S/C12H18O3/c1-3-14-12(15-4-2)9-10-5-7-11(13)8-6-10/h5-8,12-13H,3-4,9H2,1-2H3. The first-order chi connectivity index (χ1) is 7.26. The molecule has 3 nitrogen and oxygen atoms in total. The number of benzene rings is 1. The molecular weight excluding hydrogens is 192 g/mol. The van der Waals surface area contributed by atoms with E-state index >= 15 is 0 Å². The molecule has 0 aliphatic rings. The third-order valence-electron chi connectivity index (χ3n) is 2.04. The number of phenolic OH excluding ortho intramolecular Hbond substituents is 1. The van der Waals surface area contributed by atoms with E-state index in [-0.39, 0.29) is 12.0 Å². The van der Waals surface area contributed by atoms with Crippen molar-refractivity contribution >= 4 is 0 Å². The zero-order chi connectivity index (χ0) is 11.1. The van der Waals surface area contributed by atoms with Gasteiger partial charge in [0.25, 0.3) is 0 Å². The molecule has 0 saturated carbocycles. The van der Waals surface area contributed by atoms with Gasteiger partial charge in [0.05, 0.1) is 0 Å². The minimum atomic E-state index is -0.190. The molecular formula is C12H18O3. The van der Waals surface area contributed by atoms with Gasteiger partial charge >= 0.3 is 0 Å². The molecule has 0 saturated heterocycles. The molecule has 3 heteroatoms. The van der Waals surface area contributed by atoms with Gasteiger partial charge in [0.15, 0.2) is 6.29 Å². The van der Waals surface area contributed by atoms with E-state index in [0.29, 0.717) is 19.6 Å². The molecule has 1 N–H and O–H groups in total. The Morgan fingerprint density at radius 1 is 1.07 bits per heavy atom. The van der Waals surface area contributed by atoms with Crippen LogP contribution in [0.2, 0.25) is 0 Å². The molecule has 0 fully saturated rings. The van der Waals surface area contributed by atoms with Crippen molar-refractivity contribution < 1.29 is 14.6 Å². The summed E-state index contributed by atoms with van der Waals surface area (Å²) in [5.41, 5.74) is 1.10. The molecule has 0 radical (unpaired) electrons. The van der Waals surface area contributed by atoms with E-state index in [0.717, 1.165) is 5.56 Å². The summed E-state index contributed by atoms with van der Waals surface area (Å²) >= 11 is 0. The Morgan fingerprint density at radius 3 is 2.07 bits per heavy atom. The molecule has 0 heterocycles. The quantitative estimate of drug-likeness (QED) is 0.732. The second-order valence-electron chi connectivity index (χ2n) is 3.21. The lowest BCUT2D eigenvalue weighted by atomic mass is 10.1. The van der Waals surface area contributed by atoms with Gasteiger partial charge in [-0.05, 0) is 31.5 Å². The lowest BCUT2D eigenvalue weighted by Gasteiger charge is -2.16. The number of hydrogen-bond donors (Lipinski definition) is 1. The molecule has 84 valence electrons. The molecule has 0 amide bonds. The first kappa shape index (κ1) is 12.0. The van der Waals surface area contributed by atoms with Crippen LogP contribution in [0.4, 0.5) is 0 Å². The Labute approximate surface area is 90.6 Å². The van der Waals surface area contributed by atoms with Crippen LogP contribution in [0.15, 0.2) is 24.3 Å². The van der Waals surface area contributed by atoms with Crippen LogP contribution in [0.5, 0.6) is 5.75 Å². The molecule has 0 aliphatic carbocycles. The van der Waals surface area contributed by atoms with E-state index in [1.165, 1.54) is 0 Å². The second kappa shape index (κ2) is 6.43. The van der Waals surface area contributed by atoms with E-state index in [1.807, 2.05) is 26.0 Å². The highest BCUT2D eigenvalue weighted by molar-refractivity contribution is 5.26. The monoisotopic (exact) mass is 210 g/mol. The van der Waals surface area contributed by atoms with E-state index in [2.05, 4.69) is 0 Å². The van der Waals surface area contributed by atoms with E-state index in [1.54, 1.807) is 12.1 Å². The van der Waals surface area contributed by atoms with Crippen molar-refractivity contribution in [2.24, 2.45) is 0 Å². The molecule has 1 aromatic carbocycles. The SMILES string of the molecule is CCOC(Cc1ccc(O)cc1)OCC. The fourth-order valence-electron chi connectivity index (χ4n) is 1.36. The van der Waals surface area contributed by atoms with E-state index < -0.39 is 0 Å². The third-order valence-corrected chi connectivity index (χ3v) is 2.04. The van der Waals surface area contributed by atoms with Gasteiger partial charge in [0, 0.05) is 19.6 Å². The largest absolute Gasteiger partial charge is 0.508 e. The van der Waals surface area contributed by atoms with Gasteiger partial charge in [-0.3, -0.25) is 0 Å². The van der Waals surface area contributed by atoms with Crippen LogP contribution < -0.4 is 0 Å². The second-order valence-corrected chi connectivity index (χ2v) is 3.21. The molecule has 1 rings (SSSR count). The minimum Gasteiger partial charge on any atom is -0.508 e. The Morgan fingerprint density at radius 2 is 1.60 bits per heavy atom. The maximum Gasteiger partial charge on any atom is 0.161 e. The predicted octanol–water partition coefficient (Wildman–Crippen LogP) is 2.33. The minimum absolute atomic E-state index is 0.190. The number of aromatic hydroxyl groups is 1. The summed E-state index contributed by atoms with van der Waals surface area (Å²) in [6, 6.07) is 7.09. The highest BCUT2D eigenvalue weighted by Gasteiger charge is 2.08. The molecule has 15 heavy (non-hydrogen) atoms. The Kier molecular flexibility index (Phi) is 5.15. The smallest absolute Gasteiger partial charge is 0.161 e. The van der Waals surface area contributed by atoms with E-state index in [4.69, 9.17) is 14.6 Å². The number of hydrogen-bond acceptors (Lipinski definition) is 3. The highest BCUT2D eigenvalue weighted by Crippen LogP contribution is 2.12. The zero-order valence-electron chi connectivity index (χ0n) is 9.27. The van der Waals surface area contributed by atoms with Gasteiger partial charge in [-0.2, -0.15) is 0 Å². The molecule has 0 aromatic heterocycles. The molecule has 0 unspecified atom stereocenters. The van der Waals surface area contributed by atoms with Gasteiger partial charge < -0.3 is 14.6 Å². The van der Waals surface area contributed by atoms with Crippen LogP contribution >= 0.6 is 0 Å². The van der Waals surface area contributed by atoms with Crippen molar-refractivity contribution in [1.29, 1.82) is 0 Å². The molecule has 0 aliphatic heterocycles. The summed E-state index contributed by atoms with van der Waals surface area (Å²) in [7, 11) is 0. The predicted molar refractivity (Wildman–Crippen MR) is 58.9 cm³/mol. The number of phenols is 1. The van der Waals surface area contributed by atoms with Crippen LogP contribution in [0.3, 0.4) is 0 Å². The van der Waals surface area contributed by atoms with Crippen LogP contribution in [0.25, 0.3) is 0 Å². The first-order valence-corrected chi connectivity index (χ1v) is 5.27. The summed E-state index contributed by atoms with van der Waals surface area (Å²) in [6.45, 7) is 5.18. The zero-order valence-corrected chi connectivity index (χ0v) is 9.27. The molecule has 0 bridgehead atoms. The fourth-order valence-corrected chi connectivity index (χ4v) is 1.36. The van der Waals surface area contributed by atoms with Crippen molar-refractivity contribution in [3.05, 3.63) is 29.8 Å². The Hall–Kier alpha value is -1.06. The van der Waals surface area contributed by atoms with Crippen molar-refractivity contribution in [1.82, 2.24) is 0 Å². The van der Waals surface area contributed by atoms with Crippen molar-refractivity contribution in [3.8, 4) is 5.75 Å². The fraction of sp³-hybridized carbons (Fsp3) is 0.500. The molecule has 1 aromatic rings. The van der Waals surface area contributed by atoms with E-state index in [9.17, 15) is 0 Å². The first-order valence-electron chi connectivity index (χ1n) is 5.27. The van der Waals surface area contributed by atoms with Crippen LogP contribution in [-0.4, -0.2) is 24.6 Å². The average Bonchev–Trinajstić information content (AvgIpc) is 2.22. The topological polar surface area (TPSA) is 38.7 Å². The van der Waals surface area contributed by atoms with Gasteiger partial charge in [-0.15, -0.1) is 0 Å². The summed E-state index contributed by atoms with van der Waals surface area (Å²) in [4.78, 5) is 0. The highest BCUT2D eigenvalue weighted by atomic mass is 16.7. The molecule has 0 spiro atoms. The summed E-state index contributed by atoms with van der Waals surface area (Å²) in [5.74, 6) is 0.281. The van der Waals surface area contributed by atoms with Gasteiger partial charge in [-0.1, -0.05) is 12.1 Å². The Bertz CT molecular complexity index is 263. The van der Waals surface area contributed by atoms with Gasteiger partial charge in [-0.25, -0.2) is 0 Å². The lowest BCUT2D eigenvalue weighted by Crippen LogP contribution is -2.20. The summed E-state index contributed by atoms with van der Waals surface area (Å²) in [5, 5.41) is 9.14. The van der Waals surface area contributed by atoms with Gasteiger partial charge in [0.2, 0.25) is 0 Å². The number of rotatable bonds is 6. The molecule has 0 atom stereocenters. The van der Waals surface area contributed by atoms with Crippen molar-refractivity contribution in [2.75, 3.05) is 13.2 Å². The van der Waals surface area contributed by atoms with Crippen LogP contribution in [0.1, 0.15) is 19.4 Å². The maximum absolute atomic E-state index is 9.14. The average molecular weight is 210 g/mol. The Balaban J connectivity index is 2.53. The van der Waals surface area contributed by atoms with Crippen molar-refractivity contribution in [3.63, 3.8) is 0 Å². The van der Waals surface area contributed by atoms with Crippen molar-refractivity contribution in [2.45, 2.75) is 26.6 Å². The maximum atomic E-state index is 9.14.